The summed E-state index contributed by atoms with van der Waals surface area (Å²) in [7, 11) is 0. The van der Waals surface area contributed by atoms with Gasteiger partial charge in [0.1, 0.15) is 11.3 Å². The molecule has 2 atom stereocenters. The summed E-state index contributed by atoms with van der Waals surface area (Å²) >= 11 is 0. The topological polar surface area (TPSA) is 94.9 Å². The van der Waals surface area contributed by atoms with Crippen LogP contribution in [0.2, 0.25) is 0 Å². The van der Waals surface area contributed by atoms with Crippen molar-refractivity contribution in [1.29, 1.82) is 0 Å². The van der Waals surface area contributed by atoms with Gasteiger partial charge in [-0.1, -0.05) is 0 Å². The Morgan fingerprint density at radius 2 is 2.16 bits per heavy atom. The standard InChI is InChI=1S/C17H24N4O4/c1-11(2)21-15(23)17(19-16(21)24)6-7-20(10-17)9-14(22)18-12(3)13-5-4-8-25-13/h4-5,8,11-12H,6-7,9-10H2,1-3H3,(H,18,22)(H,19,24)/t12-,17-/m1/s1. The molecule has 3 rings (SSSR count). The molecular formula is C17H24N4O4. The van der Waals surface area contributed by atoms with E-state index in [4.69, 9.17) is 4.42 Å². The number of rotatable bonds is 5. The SMILES string of the molecule is CC(C)N1C(=O)N[C@@]2(CCN(CC(=O)N[C@H](C)c3ccco3)C2)C1=O. The third kappa shape index (κ3) is 3.26. The highest BCUT2D eigenvalue weighted by atomic mass is 16.3. The van der Waals surface area contributed by atoms with Crippen molar-refractivity contribution in [2.75, 3.05) is 19.6 Å². The number of hydrogen-bond donors (Lipinski definition) is 2. The Morgan fingerprint density at radius 3 is 2.76 bits per heavy atom. The molecule has 25 heavy (non-hydrogen) atoms. The van der Waals surface area contributed by atoms with Gasteiger partial charge in [-0.05, 0) is 39.3 Å². The average molecular weight is 348 g/mol. The fourth-order valence-corrected chi connectivity index (χ4v) is 3.51. The molecule has 3 heterocycles. The number of nitrogens with zero attached hydrogens (tertiary/aromatic N) is 2. The summed E-state index contributed by atoms with van der Waals surface area (Å²) in [6.07, 6.45) is 2.08. The van der Waals surface area contributed by atoms with E-state index in [9.17, 15) is 14.4 Å². The molecule has 1 spiro atoms. The van der Waals surface area contributed by atoms with Crippen molar-refractivity contribution in [3.8, 4) is 0 Å². The second kappa shape index (κ2) is 6.51. The third-order valence-electron chi connectivity index (χ3n) is 4.77. The smallest absolute Gasteiger partial charge is 0.325 e. The summed E-state index contributed by atoms with van der Waals surface area (Å²) in [5.74, 6) is 0.356. The van der Waals surface area contributed by atoms with Crippen LogP contribution in [-0.2, 0) is 9.59 Å². The van der Waals surface area contributed by atoms with E-state index in [0.717, 1.165) is 0 Å². The van der Waals surface area contributed by atoms with Gasteiger partial charge >= 0.3 is 6.03 Å². The second-order valence-corrected chi connectivity index (χ2v) is 7.05. The van der Waals surface area contributed by atoms with E-state index in [1.807, 2.05) is 31.7 Å². The van der Waals surface area contributed by atoms with Gasteiger partial charge in [0.2, 0.25) is 5.91 Å². The van der Waals surface area contributed by atoms with Crippen LogP contribution in [0.25, 0.3) is 0 Å². The molecule has 0 aliphatic carbocycles. The van der Waals surface area contributed by atoms with Crippen LogP contribution in [0.15, 0.2) is 22.8 Å². The normalized spacial score (nSPS) is 25.0. The monoisotopic (exact) mass is 348 g/mol. The lowest BCUT2D eigenvalue weighted by molar-refractivity contribution is -0.132. The summed E-state index contributed by atoms with van der Waals surface area (Å²) in [5, 5.41) is 5.70. The van der Waals surface area contributed by atoms with Gasteiger partial charge in [0, 0.05) is 19.1 Å². The van der Waals surface area contributed by atoms with Gasteiger partial charge in [0.05, 0.1) is 18.8 Å². The minimum atomic E-state index is -0.895. The minimum absolute atomic E-state index is 0.140. The molecule has 2 fully saturated rings. The van der Waals surface area contributed by atoms with Crippen molar-refractivity contribution in [2.24, 2.45) is 0 Å². The van der Waals surface area contributed by atoms with Gasteiger partial charge in [-0.15, -0.1) is 0 Å². The fourth-order valence-electron chi connectivity index (χ4n) is 3.51. The van der Waals surface area contributed by atoms with Crippen LogP contribution < -0.4 is 10.6 Å². The Hall–Kier alpha value is -2.35. The molecule has 4 amide bonds. The first-order valence-electron chi connectivity index (χ1n) is 8.53. The number of carbonyl (C=O) groups is 3. The van der Waals surface area contributed by atoms with Gasteiger partial charge in [-0.25, -0.2) is 4.79 Å². The van der Waals surface area contributed by atoms with Crippen LogP contribution in [-0.4, -0.2) is 58.9 Å². The summed E-state index contributed by atoms with van der Waals surface area (Å²) in [6.45, 7) is 6.59. The first-order chi connectivity index (χ1) is 11.8. The van der Waals surface area contributed by atoms with Gasteiger partial charge in [0.15, 0.2) is 0 Å². The van der Waals surface area contributed by atoms with E-state index < -0.39 is 5.54 Å². The Labute approximate surface area is 146 Å². The summed E-state index contributed by atoms with van der Waals surface area (Å²) < 4.78 is 5.28. The number of urea groups is 1. The Bertz CT molecular complexity index is 672. The highest BCUT2D eigenvalue weighted by molar-refractivity contribution is 6.07. The molecule has 2 aliphatic heterocycles. The largest absolute Gasteiger partial charge is 0.467 e. The zero-order valence-corrected chi connectivity index (χ0v) is 14.7. The molecule has 2 aliphatic rings. The van der Waals surface area contributed by atoms with E-state index in [2.05, 4.69) is 10.6 Å². The lowest BCUT2D eigenvalue weighted by Crippen LogP contribution is -2.50. The maximum Gasteiger partial charge on any atom is 0.325 e. The molecule has 2 N–H and O–H groups in total. The van der Waals surface area contributed by atoms with E-state index >= 15 is 0 Å². The predicted octanol–water partition coefficient (Wildman–Crippen LogP) is 0.862. The molecule has 1 aromatic rings. The van der Waals surface area contributed by atoms with E-state index in [1.165, 1.54) is 4.90 Å². The molecule has 2 saturated heterocycles. The number of hydrogen-bond acceptors (Lipinski definition) is 5. The van der Waals surface area contributed by atoms with Gasteiger partial charge < -0.3 is 15.1 Å². The zero-order chi connectivity index (χ0) is 18.2. The van der Waals surface area contributed by atoms with E-state index in [-0.39, 0.29) is 36.5 Å². The van der Waals surface area contributed by atoms with E-state index in [1.54, 1.807) is 12.3 Å². The van der Waals surface area contributed by atoms with Crippen LogP contribution in [0.4, 0.5) is 4.79 Å². The predicted molar refractivity (Wildman–Crippen MR) is 89.6 cm³/mol. The lowest BCUT2D eigenvalue weighted by Gasteiger charge is -2.23. The number of furan rings is 1. The fraction of sp³-hybridized carbons (Fsp3) is 0.588. The molecule has 136 valence electrons. The molecule has 8 nitrogen and oxygen atoms in total. The Kier molecular flexibility index (Phi) is 4.55. The molecule has 0 unspecified atom stereocenters. The van der Waals surface area contributed by atoms with Crippen molar-refractivity contribution < 1.29 is 18.8 Å². The molecule has 0 aromatic carbocycles. The summed E-state index contributed by atoms with van der Waals surface area (Å²) in [6, 6.07) is 2.83. The van der Waals surface area contributed by atoms with Crippen molar-refractivity contribution >= 4 is 17.8 Å². The van der Waals surface area contributed by atoms with Crippen LogP contribution in [0.1, 0.15) is 39.0 Å². The molecule has 0 bridgehead atoms. The van der Waals surface area contributed by atoms with Gasteiger partial charge in [0.25, 0.3) is 5.91 Å². The Morgan fingerprint density at radius 1 is 1.40 bits per heavy atom. The summed E-state index contributed by atoms with van der Waals surface area (Å²) in [5.41, 5.74) is -0.895. The van der Waals surface area contributed by atoms with Crippen LogP contribution >= 0.6 is 0 Å². The molecule has 0 radical (unpaired) electrons. The molecule has 0 saturated carbocycles. The number of likely N-dealkylation sites (tertiary alicyclic amines) is 1. The third-order valence-corrected chi connectivity index (χ3v) is 4.77. The molecule has 8 heteroatoms. The van der Waals surface area contributed by atoms with Crippen LogP contribution in [0, 0.1) is 0 Å². The minimum Gasteiger partial charge on any atom is -0.467 e. The average Bonchev–Trinajstić information content (AvgIpc) is 3.21. The van der Waals surface area contributed by atoms with Crippen LogP contribution in [0.3, 0.4) is 0 Å². The van der Waals surface area contributed by atoms with Gasteiger partial charge in [-0.2, -0.15) is 0 Å². The van der Waals surface area contributed by atoms with E-state index in [0.29, 0.717) is 25.3 Å². The maximum atomic E-state index is 12.6. The number of nitrogens with one attached hydrogen (secondary N) is 2. The first-order valence-corrected chi connectivity index (χ1v) is 8.53. The molecular weight excluding hydrogens is 324 g/mol. The van der Waals surface area contributed by atoms with Crippen molar-refractivity contribution in [3.05, 3.63) is 24.2 Å². The van der Waals surface area contributed by atoms with Crippen molar-refractivity contribution in [2.45, 2.75) is 44.8 Å². The van der Waals surface area contributed by atoms with Crippen molar-refractivity contribution in [1.82, 2.24) is 20.4 Å². The number of carbonyl (C=O) groups excluding carboxylic acids is 3. The van der Waals surface area contributed by atoms with Gasteiger partial charge in [-0.3, -0.25) is 19.4 Å². The van der Waals surface area contributed by atoms with Crippen molar-refractivity contribution in [3.63, 3.8) is 0 Å². The quantitative estimate of drug-likeness (QED) is 0.770. The highest BCUT2D eigenvalue weighted by Crippen LogP contribution is 2.29. The second-order valence-electron chi connectivity index (χ2n) is 7.05. The Balaban J connectivity index is 1.57. The van der Waals surface area contributed by atoms with Crippen LogP contribution in [0.5, 0.6) is 0 Å². The molecule has 1 aromatic heterocycles. The first kappa shape index (κ1) is 17.5. The lowest BCUT2D eigenvalue weighted by atomic mass is 9.98. The summed E-state index contributed by atoms with van der Waals surface area (Å²) in [4.78, 5) is 40.1. The number of imide groups is 1. The zero-order valence-electron chi connectivity index (χ0n) is 14.7. The maximum absolute atomic E-state index is 12.6. The highest BCUT2D eigenvalue weighted by Gasteiger charge is 2.55. The number of amides is 4.